The third kappa shape index (κ3) is 5.61. The van der Waals surface area contributed by atoms with E-state index in [1.807, 2.05) is 39.2 Å². The van der Waals surface area contributed by atoms with Gasteiger partial charge in [0.25, 0.3) is 0 Å². The van der Waals surface area contributed by atoms with Crippen molar-refractivity contribution in [2.45, 2.75) is 32.2 Å². The van der Waals surface area contributed by atoms with Gasteiger partial charge < -0.3 is 10.6 Å². The maximum Gasteiger partial charge on any atom is 0.231 e. The van der Waals surface area contributed by atoms with Crippen LogP contribution in [0.2, 0.25) is 0 Å². The first-order chi connectivity index (χ1) is 8.82. The molecule has 0 saturated heterocycles. The van der Waals surface area contributed by atoms with Crippen LogP contribution in [0.1, 0.15) is 26.3 Å². The summed E-state index contributed by atoms with van der Waals surface area (Å²) in [4.78, 5) is 13.0. The van der Waals surface area contributed by atoms with Crippen LogP contribution in [0.15, 0.2) is 29.2 Å². The van der Waals surface area contributed by atoms with Gasteiger partial charge in [-0.2, -0.15) is 0 Å². The first kappa shape index (κ1) is 16.0. The summed E-state index contributed by atoms with van der Waals surface area (Å²) in [6.07, 6.45) is 2.05. The van der Waals surface area contributed by atoms with Crippen LogP contribution in [0.4, 0.5) is 0 Å². The Morgan fingerprint density at radius 3 is 2.32 bits per heavy atom. The van der Waals surface area contributed by atoms with Gasteiger partial charge in [-0.05, 0) is 36.2 Å². The number of benzene rings is 1. The molecule has 3 nitrogen and oxygen atoms in total. The van der Waals surface area contributed by atoms with Gasteiger partial charge in [0.05, 0.1) is 0 Å². The highest BCUT2D eigenvalue weighted by molar-refractivity contribution is 7.98. The van der Waals surface area contributed by atoms with Gasteiger partial charge in [0, 0.05) is 16.9 Å². The average molecular weight is 296 g/mol. The number of hydrogen-bond acceptors (Lipinski definition) is 3. The van der Waals surface area contributed by atoms with Crippen molar-refractivity contribution in [2.75, 3.05) is 6.26 Å². The second-order valence-corrected chi connectivity index (χ2v) is 6.52. The lowest BCUT2D eigenvalue weighted by Gasteiger charge is -2.18. The summed E-state index contributed by atoms with van der Waals surface area (Å²) in [5.41, 5.74) is 0.691. The van der Waals surface area contributed by atoms with Crippen molar-refractivity contribution in [1.29, 1.82) is 0 Å². The molecular formula is C14H20N2OS2. The Hall–Kier alpha value is -1.07. The molecule has 0 fully saturated rings. The van der Waals surface area contributed by atoms with Gasteiger partial charge in [0.2, 0.25) is 5.91 Å². The van der Waals surface area contributed by atoms with E-state index in [0.717, 1.165) is 5.56 Å². The second kappa shape index (κ2) is 6.91. The van der Waals surface area contributed by atoms with Gasteiger partial charge in [-0.3, -0.25) is 4.79 Å². The lowest BCUT2D eigenvalue weighted by molar-refractivity contribution is -0.126. The summed E-state index contributed by atoms with van der Waals surface area (Å²) in [5.74, 6) is -0.0808. The van der Waals surface area contributed by atoms with E-state index in [4.69, 9.17) is 12.2 Å². The minimum atomic E-state index is -0.439. The molecule has 0 unspecified atom stereocenters. The zero-order valence-electron chi connectivity index (χ0n) is 11.7. The molecule has 0 aliphatic heterocycles. The molecule has 0 heterocycles. The smallest absolute Gasteiger partial charge is 0.231 e. The normalized spacial score (nSPS) is 10.9. The SMILES string of the molecule is CSc1ccc(CNC(=S)NC(=O)C(C)(C)C)cc1. The Bertz CT molecular complexity index is 450. The van der Waals surface area contributed by atoms with E-state index in [9.17, 15) is 4.79 Å². The van der Waals surface area contributed by atoms with Crippen molar-refractivity contribution in [3.63, 3.8) is 0 Å². The van der Waals surface area contributed by atoms with Crippen LogP contribution in [0.5, 0.6) is 0 Å². The van der Waals surface area contributed by atoms with Gasteiger partial charge in [-0.15, -0.1) is 11.8 Å². The summed E-state index contributed by atoms with van der Waals surface area (Å²) in [6.45, 7) is 6.17. The minimum absolute atomic E-state index is 0.0808. The molecule has 1 aromatic carbocycles. The Morgan fingerprint density at radius 1 is 1.26 bits per heavy atom. The predicted octanol–water partition coefficient (Wildman–Crippen LogP) is 2.95. The van der Waals surface area contributed by atoms with Crippen molar-refractivity contribution in [2.24, 2.45) is 5.41 Å². The van der Waals surface area contributed by atoms with Crippen LogP contribution >= 0.6 is 24.0 Å². The summed E-state index contributed by atoms with van der Waals surface area (Å²) in [7, 11) is 0. The van der Waals surface area contributed by atoms with Crippen LogP contribution in [0.25, 0.3) is 0 Å². The molecule has 0 atom stereocenters. The van der Waals surface area contributed by atoms with Gasteiger partial charge in [-0.25, -0.2) is 0 Å². The molecule has 1 amide bonds. The molecule has 0 radical (unpaired) electrons. The monoisotopic (exact) mass is 296 g/mol. The van der Waals surface area contributed by atoms with Gasteiger partial charge >= 0.3 is 0 Å². The molecule has 0 spiro atoms. The number of rotatable bonds is 3. The Balaban J connectivity index is 2.43. The lowest BCUT2D eigenvalue weighted by Crippen LogP contribution is -2.44. The highest BCUT2D eigenvalue weighted by atomic mass is 32.2. The van der Waals surface area contributed by atoms with Crippen LogP contribution in [-0.4, -0.2) is 17.3 Å². The quantitative estimate of drug-likeness (QED) is 0.665. The van der Waals surface area contributed by atoms with Crippen LogP contribution in [-0.2, 0) is 11.3 Å². The summed E-state index contributed by atoms with van der Waals surface area (Å²) in [5, 5.41) is 6.09. The molecule has 2 N–H and O–H groups in total. The molecule has 0 aromatic heterocycles. The fourth-order valence-electron chi connectivity index (χ4n) is 1.26. The van der Waals surface area contributed by atoms with E-state index in [1.54, 1.807) is 11.8 Å². The lowest BCUT2D eigenvalue weighted by atomic mass is 9.96. The van der Waals surface area contributed by atoms with E-state index in [2.05, 4.69) is 22.8 Å². The molecule has 1 rings (SSSR count). The zero-order chi connectivity index (χ0) is 14.5. The third-order valence-electron chi connectivity index (χ3n) is 2.52. The predicted molar refractivity (Wildman–Crippen MR) is 85.3 cm³/mol. The molecule has 0 saturated carbocycles. The van der Waals surface area contributed by atoms with E-state index in [1.165, 1.54) is 4.90 Å². The average Bonchev–Trinajstić information content (AvgIpc) is 2.35. The fraction of sp³-hybridized carbons (Fsp3) is 0.429. The maximum absolute atomic E-state index is 11.7. The standard InChI is InChI=1S/C14H20N2OS2/c1-14(2,3)12(17)16-13(18)15-9-10-5-7-11(19-4)8-6-10/h5-8H,9H2,1-4H3,(H2,15,16,17,18). The highest BCUT2D eigenvalue weighted by Crippen LogP contribution is 2.15. The number of thioether (sulfide) groups is 1. The molecule has 19 heavy (non-hydrogen) atoms. The third-order valence-corrected chi connectivity index (χ3v) is 3.51. The molecule has 104 valence electrons. The number of amides is 1. The number of carbonyl (C=O) groups excluding carboxylic acids is 1. The van der Waals surface area contributed by atoms with Gasteiger partial charge in [-0.1, -0.05) is 32.9 Å². The minimum Gasteiger partial charge on any atom is -0.358 e. The van der Waals surface area contributed by atoms with E-state index in [-0.39, 0.29) is 5.91 Å². The van der Waals surface area contributed by atoms with E-state index >= 15 is 0 Å². The molecule has 0 aliphatic rings. The first-order valence-corrected chi connectivity index (χ1v) is 7.68. The molecular weight excluding hydrogens is 276 g/mol. The molecule has 0 bridgehead atoms. The number of hydrogen-bond donors (Lipinski definition) is 2. The molecule has 0 aliphatic carbocycles. The maximum atomic E-state index is 11.7. The van der Waals surface area contributed by atoms with E-state index < -0.39 is 5.41 Å². The van der Waals surface area contributed by atoms with Crippen molar-refractivity contribution < 1.29 is 4.79 Å². The number of nitrogens with one attached hydrogen (secondary N) is 2. The Morgan fingerprint density at radius 2 is 1.84 bits per heavy atom. The first-order valence-electron chi connectivity index (χ1n) is 6.05. The summed E-state index contributed by atoms with van der Waals surface area (Å²) < 4.78 is 0. The topological polar surface area (TPSA) is 41.1 Å². The van der Waals surface area contributed by atoms with Gasteiger partial charge in [0.15, 0.2) is 5.11 Å². The zero-order valence-corrected chi connectivity index (χ0v) is 13.4. The van der Waals surface area contributed by atoms with Crippen molar-refractivity contribution >= 4 is 35.0 Å². The summed E-state index contributed by atoms with van der Waals surface area (Å²) in [6, 6.07) is 8.23. The van der Waals surface area contributed by atoms with Gasteiger partial charge in [0.1, 0.15) is 0 Å². The molecule has 5 heteroatoms. The van der Waals surface area contributed by atoms with Crippen molar-refractivity contribution in [1.82, 2.24) is 10.6 Å². The largest absolute Gasteiger partial charge is 0.358 e. The second-order valence-electron chi connectivity index (χ2n) is 5.23. The fourth-order valence-corrected chi connectivity index (χ4v) is 1.83. The van der Waals surface area contributed by atoms with E-state index in [0.29, 0.717) is 11.7 Å². The Kier molecular flexibility index (Phi) is 5.82. The van der Waals surface area contributed by atoms with Crippen LogP contribution < -0.4 is 10.6 Å². The summed E-state index contributed by atoms with van der Waals surface area (Å²) >= 11 is 6.81. The van der Waals surface area contributed by atoms with Crippen LogP contribution in [0.3, 0.4) is 0 Å². The molecule has 1 aromatic rings. The van der Waals surface area contributed by atoms with Crippen molar-refractivity contribution in [3.8, 4) is 0 Å². The van der Waals surface area contributed by atoms with Crippen molar-refractivity contribution in [3.05, 3.63) is 29.8 Å². The highest BCUT2D eigenvalue weighted by Gasteiger charge is 2.21. The van der Waals surface area contributed by atoms with Crippen LogP contribution in [0, 0.1) is 5.41 Å². The Labute approximate surface area is 124 Å². The number of thiocarbonyl (C=S) groups is 1. The number of carbonyl (C=O) groups is 1.